The van der Waals surface area contributed by atoms with Gasteiger partial charge < -0.3 is 9.64 Å². The Morgan fingerprint density at radius 3 is 2.50 bits per heavy atom. The van der Waals surface area contributed by atoms with E-state index in [9.17, 15) is 9.59 Å². The zero-order valence-corrected chi connectivity index (χ0v) is 15.9. The van der Waals surface area contributed by atoms with Gasteiger partial charge in [-0.05, 0) is 23.6 Å². The summed E-state index contributed by atoms with van der Waals surface area (Å²) < 4.78 is 5.47. The van der Waals surface area contributed by atoms with Crippen LogP contribution in [0.15, 0.2) is 66.9 Å². The van der Waals surface area contributed by atoms with Crippen molar-refractivity contribution in [3.05, 3.63) is 83.6 Å². The van der Waals surface area contributed by atoms with E-state index in [4.69, 9.17) is 4.74 Å². The quantitative estimate of drug-likeness (QED) is 0.596. The Kier molecular flexibility index (Phi) is 4.74. The Balaban J connectivity index is 1.84. The summed E-state index contributed by atoms with van der Waals surface area (Å²) in [5.41, 5.74) is 3.97. The Hall–Kier alpha value is -3.34. The Morgan fingerprint density at radius 1 is 1.04 bits per heavy atom. The molecule has 0 atom stereocenters. The maximum absolute atomic E-state index is 13.2. The number of methoxy groups -OCH3 is 1. The highest BCUT2D eigenvalue weighted by Gasteiger charge is 2.42. The van der Waals surface area contributed by atoms with Crippen LogP contribution in [0.5, 0.6) is 5.75 Å². The van der Waals surface area contributed by atoms with E-state index in [1.807, 2.05) is 35.2 Å². The highest BCUT2D eigenvalue weighted by Crippen LogP contribution is 2.37. The summed E-state index contributed by atoms with van der Waals surface area (Å²) in [6.45, 7) is 5.16. The van der Waals surface area contributed by atoms with Gasteiger partial charge >= 0.3 is 0 Å². The van der Waals surface area contributed by atoms with Crippen LogP contribution in [0.3, 0.4) is 0 Å². The number of para-hydroxylation sites is 1. The molecule has 0 saturated heterocycles. The molecule has 0 aromatic heterocycles. The molecule has 2 aromatic rings. The fourth-order valence-corrected chi connectivity index (χ4v) is 3.93. The summed E-state index contributed by atoms with van der Waals surface area (Å²) in [7, 11) is 1.57. The number of carbonyl (C=O) groups excluding carboxylic acids is 2. The third kappa shape index (κ3) is 2.89. The smallest absolute Gasteiger partial charge is 0.278 e. The molecule has 5 heteroatoms. The van der Waals surface area contributed by atoms with Crippen LogP contribution < -0.4 is 4.74 Å². The van der Waals surface area contributed by atoms with Gasteiger partial charge in [-0.3, -0.25) is 14.5 Å². The number of rotatable bonds is 5. The standard InChI is InChI=1S/C23H22N2O3/c1-3-13-25-22(26)20(18-10-6-7-11-19(18)28-2)21(23(25)27)24-14-12-16-8-4-5-9-17(16)15-24/h3-11H,1,12-15H2,2H3. The van der Waals surface area contributed by atoms with Gasteiger partial charge in [0.1, 0.15) is 11.4 Å². The zero-order chi connectivity index (χ0) is 19.7. The lowest BCUT2D eigenvalue weighted by atomic mass is 9.97. The van der Waals surface area contributed by atoms with E-state index in [0.29, 0.717) is 35.7 Å². The maximum Gasteiger partial charge on any atom is 0.278 e. The number of ether oxygens (including phenoxy) is 1. The number of carbonyl (C=O) groups is 2. The largest absolute Gasteiger partial charge is 0.496 e. The molecule has 0 saturated carbocycles. The lowest BCUT2D eigenvalue weighted by Gasteiger charge is -2.31. The van der Waals surface area contributed by atoms with Gasteiger partial charge in [-0.15, -0.1) is 6.58 Å². The number of fused-ring (bicyclic) bond motifs is 1. The molecule has 2 heterocycles. The first-order valence-electron chi connectivity index (χ1n) is 9.32. The first-order chi connectivity index (χ1) is 13.7. The van der Waals surface area contributed by atoms with Crippen molar-refractivity contribution in [1.29, 1.82) is 0 Å². The number of benzene rings is 2. The molecule has 0 radical (unpaired) electrons. The third-order valence-corrected chi connectivity index (χ3v) is 5.28. The van der Waals surface area contributed by atoms with E-state index in [-0.39, 0.29) is 18.4 Å². The predicted octanol–water partition coefficient (Wildman–Crippen LogP) is 3.02. The molecule has 0 bridgehead atoms. The summed E-state index contributed by atoms with van der Waals surface area (Å²) in [6.07, 6.45) is 2.41. The molecule has 0 aliphatic carbocycles. The molecule has 0 fully saturated rings. The fraction of sp³-hybridized carbons (Fsp3) is 0.217. The summed E-state index contributed by atoms with van der Waals surface area (Å²) in [5, 5.41) is 0. The fourth-order valence-electron chi connectivity index (χ4n) is 3.93. The molecule has 2 aromatic carbocycles. The van der Waals surface area contributed by atoms with Crippen LogP contribution in [0, 0.1) is 0 Å². The number of hydrogen-bond acceptors (Lipinski definition) is 4. The number of nitrogens with zero attached hydrogens (tertiary/aromatic N) is 2. The Bertz CT molecular complexity index is 993. The zero-order valence-electron chi connectivity index (χ0n) is 15.9. The molecule has 2 aliphatic rings. The number of amides is 2. The van der Waals surface area contributed by atoms with Crippen LogP contribution in [0.4, 0.5) is 0 Å². The second kappa shape index (κ2) is 7.35. The van der Waals surface area contributed by atoms with Gasteiger partial charge in [0.2, 0.25) is 0 Å². The molecule has 28 heavy (non-hydrogen) atoms. The molecule has 0 unspecified atom stereocenters. The first kappa shape index (κ1) is 18.0. The van der Waals surface area contributed by atoms with Crippen molar-refractivity contribution in [3.63, 3.8) is 0 Å². The SMILES string of the molecule is C=CCN1C(=O)C(c2ccccc2OC)=C(N2CCc3ccccc3C2)C1=O. The Labute approximate surface area is 164 Å². The molecular formula is C23H22N2O3. The third-order valence-electron chi connectivity index (χ3n) is 5.28. The van der Waals surface area contributed by atoms with Gasteiger partial charge in [0.15, 0.2) is 0 Å². The average Bonchev–Trinajstić information content (AvgIpc) is 2.98. The maximum atomic E-state index is 13.2. The molecule has 2 aliphatic heterocycles. The summed E-state index contributed by atoms with van der Waals surface area (Å²) in [5.74, 6) is 0.00228. The number of imide groups is 1. The Morgan fingerprint density at radius 2 is 1.75 bits per heavy atom. The van der Waals surface area contributed by atoms with Crippen LogP contribution in [-0.2, 0) is 22.6 Å². The summed E-state index contributed by atoms with van der Waals surface area (Å²) in [4.78, 5) is 29.7. The first-order valence-corrected chi connectivity index (χ1v) is 9.32. The van der Waals surface area contributed by atoms with E-state index in [2.05, 4.69) is 18.7 Å². The van der Waals surface area contributed by atoms with Gasteiger partial charge in [0, 0.05) is 25.2 Å². The van der Waals surface area contributed by atoms with E-state index in [1.165, 1.54) is 16.0 Å². The minimum absolute atomic E-state index is 0.185. The second-order valence-corrected chi connectivity index (χ2v) is 6.87. The van der Waals surface area contributed by atoms with Crippen molar-refractivity contribution >= 4 is 17.4 Å². The van der Waals surface area contributed by atoms with Crippen molar-refractivity contribution in [1.82, 2.24) is 9.80 Å². The van der Waals surface area contributed by atoms with Gasteiger partial charge in [0.25, 0.3) is 11.8 Å². The van der Waals surface area contributed by atoms with Gasteiger partial charge in [-0.2, -0.15) is 0 Å². The average molecular weight is 374 g/mol. The van der Waals surface area contributed by atoms with E-state index >= 15 is 0 Å². The van der Waals surface area contributed by atoms with Crippen molar-refractivity contribution in [2.45, 2.75) is 13.0 Å². The molecule has 5 nitrogen and oxygen atoms in total. The van der Waals surface area contributed by atoms with E-state index < -0.39 is 0 Å². The molecule has 0 spiro atoms. The van der Waals surface area contributed by atoms with Crippen LogP contribution in [0.2, 0.25) is 0 Å². The van der Waals surface area contributed by atoms with E-state index in [1.54, 1.807) is 19.3 Å². The molecule has 0 N–H and O–H groups in total. The van der Waals surface area contributed by atoms with E-state index in [0.717, 1.165) is 6.42 Å². The highest BCUT2D eigenvalue weighted by molar-refractivity contribution is 6.36. The van der Waals surface area contributed by atoms with Crippen molar-refractivity contribution in [2.75, 3.05) is 20.2 Å². The van der Waals surface area contributed by atoms with Crippen LogP contribution >= 0.6 is 0 Å². The van der Waals surface area contributed by atoms with Crippen LogP contribution in [0.25, 0.3) is 5.57 Å². The number of hydrogen-bond donors (Lipinski definition) is 0. The summed E-state index contributed by atoms with van der Waals surface area (Å²) >= 11 is 0. The lowest BCUT2D eigenvalue weighted by Crippen LogP contribution is -2.37. The molecular weight excluding hydrogens is 352 g/mol. The van der Waals surface area contributed by atoms with Crippen LogP contribution in [-0.4, -0.2) is 41.8 Å². The van der Waals surface area contributed by atoms with Gasteiger partial charge in [0.05, 0.1) is 12.7 Å². The van der Waals surface area contributed by atoms with Crippen molar-refractivity contribution < 1.29 is 14.3 Å². The minimum Gasteiger partial charge on any atom is -0.496 e. The lowest BCUT2D eigenvalue weighted by molar-refractivity contribution is -0.137. The topological polar surface area (TPSA) is 49.9 Å². The normalized spacial score (nSPS) is 16.5. The van der Waals surface area contributed by atoms with Crippen LogP contribution in [0.1, 0.15) is 16.7 Å². The second-order valence-electron chi connectivity index (χ2n) is 6.87. The van der Waals surface area contributed by atoms with Crippen molar-refractivity contribution in [3.8, 4) is 5.75 Å². The molecule has 142 valence electrons. The molecule has 2 amide bonds. The van der Waals surface area contributed by atoms with Gasteiger partial charge in [-0.25, -0.2) is 0 Å². The summed E-state index contributed by atoms with van der Waals surface area (Å²) in [6, 6.07) is 15.6. The van der Waals surface area contributed by atoms with Crippen molar-refractivity contribution in [2.24, 2.45) is 0 Å². The minimum atomic E-state index is -0.303. The monoisotopic (exact) mass is 374 g/mol. The molecule has 4 rings (SSSR count). The predicted molar refractivity (Wildman–Crippen MR) is 107 cm³/mol. The highest BCUT2D eigenvalue weighted by atomic mass is 16.5. The van der Waals surface area contributed by atoms with Gasteiger partial charge in [-0.1, -0.05) is 48.5 Å².